The molecule has 0 bridgehead atoms. The fraction of sp³-hybridized carbons (Fsp3) is 0.143. The number of aliphatic imine (C=N–C) groups is 1. The maximum atomic E-state index is 6.08. The maximum Gasteiger partial charge on any atom is 0.213 e. The first-order valence-corrected chi connectivity index (χ1v) is 9.08. The normalized spacial score (nSPS) is 18.1. The number of anilines is 1. The molecule has 1 unspecified atom stereocenters. The number of hydrogen-bond acceptors (Lipinski definition) is 8. The summed E-state index contributed by atoms with van der Waals surface area (Å²) in [5.74, 6) is 0.590. The molecule has 1 atom stereocenters. The van der Waals surface area contributed by atoms with E-state index in [4.69, 9.17) is 15.5 Å². The molecule has 4 heterocycles. The Balaban J connectivity index is 1.85. The third-order valence-electron chi connectivity index (χ3n) is 4.64. The smallest absolute Gasteiger partial charge is 0.213 e. The zero-order valence-electron chi connectivity index (χ0n) is 15.9. The van der Waals surface area contributed by atoms with Crippen LogP contribution in [-0.2, 0) is 0 Å². The lowest BCUT2D eigenvalue weighted by molar-refractivity contribution is 0.398. The number of nitrogens with two attached hydrogens (primary N) is 1. The summed E-state index contributed by atoms with van der Waals surface area (Å²) in [4.78, 5) is 17.7. The predicted octanol–water partition coefficient (Wildman–Crippen LogP) is 2.25. The van der Waals surface area contributed by atoms with E-state index in [0.29, 0.717) is 11.8 Å². The molecule has 0 aromatic carbocycles. The lowest BCUT2D eigenvalue weighted by atomic mass is 9.81. The first-order chi connectivity index (χ1) is 14.2. The zero-order chi connectivity index (χ0) is 20.1. The number of hydrogen-bond donors (Lipinski definition) is 3. The van der Waals surface area contributed by atoms with Gasteiger partial charge in [-0.3, -0.25) is 9.97 Å². The van der Waals surface area contributed by atoms with Gasteiger partial charge in [-0.25, -0.2) is 9.98 Å². The minimum absolute atomic E-state index is 0.246. The van der Waals surface area contributed by atoms with Crippen LogP contribution in [0.4, 0.5) is 5.69 Å². The second kappa shape index (κ2) is 7.97. The summed E-state index contributed by atoms with van der Waals surface area (Å²) >= 11 is 0. The van der Waals surface area contributed by atoms with Crippen LogP contribution in [0, 0.1) is 0 Å². The second-order valence-electron chi connectivity index (χ2n) is 6.52. The van der Waals surface area contributed by atoms with E-state index in [1.807, 2.05) is 48.8 Å². The maximum absolute atomic E-state index is 6.08. The summed E-state index contributed by atoms with van der Waals surface area (Å²) in [7, 11) is 1.58. The molecule has 4 rings (SSSR count). The van der Waals surface area contributed by atoms with Crippen molar-refractivity contribution in [1.82, 2.24) is 20.3 Å². The molecule has 1 aliphatic heterocycles. The van der Waals surface area contributed by atoms with Gasteiger partial charge < -0.3 is 21.1 Å². The van der Waals surface area contributed by atoms with E-state index in [0.717, 1.165) is 16.8 Å². The van der Waals surface area contributed by atoms with Crippen molar-refractivity contribution in [3.8, 4) is 5.88 Å². The topological polar surface area (TPSA) is 110 Å². The molecule has 0 amide bonds. The minimum Gasteiger partial charge on any atom is -0.481 e. The van der Waals surface area contributed by atoms with Crippen LogP contribution in [0.1, 0.15) is 17.0 Å². The third-order valence-corrected chi connectivity index (χ3v) is 4.64. The summed E-state index contributed by atoms with van der Waals surface area (Å²) in [6, 6.07) is 11.5. The molecule has 0 saturated carbocycles. The van der Waals surface area contributed by atoms with Gasteiger partial charge in [0.1, 0.15) is 0 Å². The summed E-state index contributed by atoms with van der Waals surface area (Å²) < 4.78 is 5.16. The molecule has 0 fully saturated rings. The molecule has 4 N–H and O–H groups in total. The molecule has 0 spiro atoms. The lowest BCUT2D eigenvalue weighted by Crippen LogP contribution is -2.48. The average Bonchev–Trinajstić information content (AvgIpc) is 2.76. The van der Waals surface area contributed by atoms with Crippen molar-refractivity contribution in [1.29, 1.82) is 0 Å². The largest absolute Gasteiger partial charge is 0.481 e. The molecule has 3 aromatic rings. The monoisotopic (exact) mass is 387 g/mol. The SMILES string of the molecule is COc1ccc(NC2(C(c3cccnc3)c3cccnc3)C=CNC(N)=N2)cn1. The van der Waals surface area contributed by atoms with E-state index in [-0.39, 0.29) is 5.92 Å². The van der Waals surface area contributed by atoms with Crippen molar-refractivity contribution in [2.45, 2.75) is 11.6 Å². The van der Waals surface area contributed by atoms with E-state index in [1.54, 1.807) is 38.0 Å². The molecule has 8 heteroatoms. The number of methoxy groups -OCH3 is 1. The van der Waals surface area contributed by atoms with Crippen LogP contribution in [0.25, 0.3) is 0 Å². The van der Waals surface area contributed by atoms with Gasteiger partial charge in [0.25, 0.3) is 0 Å². The molecule has 0 saturated heterocycles. The number of ether oxygens (including phenoxy) is 1. The van der Waals surface area contributed by atoms with Gasteiger partial charge in [-0.2, -0.15) is 0 Å². The fourth-order valence-corrected chi connectivity index (χ4v) is 3.43. The Morgan fingerprint density at radius 1 is 1.03 bits per heavy atom. The molecular weight excluding hydrogens is 366 g/mol. The Morgan fingerprint density at radius 3 is 2.28 bits per heavy atom. The number of pyridine rings is 3. The van der Waals surface area contributed by atoms with Crippen molar-refractivity contribution in [2.24, 2.45) is 10.7 Å². The van der Waals surface area contributed by atoms with Gasteiger partial charge in [0.05, 0.1) is 24.9 Å². The fourth-order valence-electron chi connectivity index (χ4n) is 3.43. The predicted molar refractivity (Wildman–Crippen MR) is 111 cm³/mol. The van der Waals surface area contributed by atoms with Crippen molar-refractivity contribution >= 4 is 11.6 Å². The third kappa shape index (κ3) is 3.86. The number of guanidine groups is 1. The van der Waals surface area contributed by atoms with Crippen molar-refractivity contribution in [2.75, 3.05) is 12.4 Å². The Hall–Kier alpha value is -3.94. The summed E-state index contributed by atoms with van der Waals surface area (Å²) in [5, 5.41) is 6.44. The van der Waals surface area contributed by atoms with Gasteiger partial charge in [-0.05, 0) is 35.4 Å². The quantitative estimate of drug-likeness (QED) is 0.595. The van der Waals surface area contributed by atoms with Gasteiger partial charge in [0, 0.05) is 37.1 Å². The van der Waals surface area contributed by atoms with E-state index in [2.05, 4.69) is 25.6 Å². The molecular formula is C21H21N7O. The average molecular weight is 387 g/mol. The number of nitrogens with one attached hydrogen (secondary N) is 2. The van der Waals surface area contributed by atoms with Crippen molar-refractivity contribution < 1.29 is 4.74 Å². The Kier molecular flexibility index (Phi) is 5.07. The molecule has 0 radical (unpaired) electrons. The lowest BCUT2D eigenvalue weighted by Gasteiger charge is -2.38. The highest BCUT2D eigenvalue weighted by Crippen LogP contribution is 2.39. The number of rotatable bonds is 6. The standard InChI is InChI=1S/C21H21N7O/c1-29-18-7-6-17(14-26-18)27-21(8-11-25-20(22)28-21)19(15-4-2-9-23-12-15)16-5-3-10-24-13-16/h2-14,19,27H,1H3,(H3,22,25,28). The molecule has 0 aliphatic carbocycles. The number of nitrogens with zero attached hydrogens (tertiary/aromatic N) is 4. The van der Waals surface area contributed by atoms with Crippen molar-refractivity contribution in [3.63, 3.8) is 0 Å². The second-order valence-corrected chi connectivity index (χ2v) is 6.52. The first-order valence-electron chi connectivity index (χ1n) is 9.08. The highest BCUT2D eigenvalue weighted by molar-refractivity contribution is 5.81. The molecule has 3 aromatic heterocycles. The van der Waals surface area contributed by atoms with Gasteiger partial charge in [-0.15, -0.1) is 0 Å². The van der Waals surface area contributed by atoms with Gasteiger partial charge in [0.2, 0.25) is 5.88 Å². The highest BCUT2D eigenvalue weighted by atomic mass is 16.5. The van der Waals surface area contributed by atoms with E-state index in [1.165, 1.54) is 0 Å². The van der Waals surface area contributed by atoms with Crippen LogP contribution in [-0.4, -0.2) is 33.7 Å². The summed E-state index contributed by atoms with van der Waals surface area (Å²) in [5.41, 5.74) is 7.88. The van der Waals surface area contributed by atoms with Gasteiger partial charge >= 0.3 is 0 Å². The molecule has 29 heavy (non-hydrogen) atoms. The molecule has 146 valence electrons. The van der Waals surface area contributed by atoms with E-state index >= 15 is 0 Å². The van der Waals surface area contributed by atoms with E-state index in [9.17, 15) is 0 Å². The van der Waals surface area contributed by atoms with Crippen LogP contribution in [0.5, 0.6) is 5.88 Å². The number of aromatic nitrogens is 3. The Labute approximate surface area is 168 Å². The van der Waals surface area contributed by atoms with Crippen LogP contribution >= 0.6 is 0 Å². The van der Waals surface area contributed by atoms with E-state index < -0.39 is 5.66 Å². The Bertz CT molecular complexity index is 967. The summed E-state index contributed by atoms with van der Waals surface area (Å²) in [6.45, 7) is 0. The van der Waals surface area contributed by atoms with Gasteiger partial charge in [0.15, 0.2) is 11.6 Å². The molecule has 8 nitrogen and oxygen atoms in total. The van der Waals surface area contributed by atoms with Crippen LogP contribution in [0.2, 0.25) is 0 Å². The minimum atomic E-state index is -0.919. The Morgan fingerprint density at radius 2 is 1.76 bits per heavy atom. The van der Waals surface area contributed by atoms with Crippen LogP contribution in [0.3, 0.4) is 0 Å². The van der Waals surface area contributed by atoms with Crippen LogP contribution < -0.4 is 21.1 Å². The first kappa shape index (κ1) is 18.4. The highest BCUT2D eigenvalue weighted by Gasteiger charge is 2.41. The summed E-state index contributed by atoms with van der Waals surface area (Å²) in [6.07, 6.45) is 12.6. The van der Waals surface area contributed by atoms with Crippen molar-refractivity contribution in [3.05, 3.63) is 90.8 Å². The van der Waals surface area contributed by atoms with Crippen LogP contribution in [0.15, 0.2) is 84.7 Å². The molecule has 1 aliphatic rings. The van der Waals surface area contributed by atoms with Gasteiger partial charge in [-0.1, -0.05) is 12.1 Å². The zero-order valence-corrected chi connectivity index (χ0v) is 15.9.